The fourth-order valence-corrected chi connectivity index (χ4v) is 2.78. The molecule has 0 fully saturated rings. The van der Waals surface area contributed by atoms with Crippen molar-refractivity contribution < 1.29 is 0 Å². The summed E-state index contributed by atoms with van der Waals surface area (Å²) in [5.41, 5.74) is 5.89. The van der Waals surface area contributed by atoms with Gasteiger partial charge in [0.1, 0.15) is 0 Å². The Kier molecular flexibility index (Phi) is 6.61. The van der Waals surface area contributed by atoms with E-state index in [1.54, 1.807) is 0 Å². The van der Waals surface area contributed by atoms with E-state index in [2.05, 4.69) is 79.1 Å². The summed E-state index contributed by atoms with van der Waals surface area (Å²) in [6.07, 6.45) is 3.44. The molecule has 0 saturated heterocycles. The third kappa shape index (κ3) is 5.56. The summed E-state index contributed by atoms with van der Waals surface area (Å²) in [5, 5.41) is 0. The van der Waals surface area contributed by atoms with Gasteiger partial charge in [0.2, 0.25) is 0 Å². The van der Waals surface area contributed by atoms with Gasteiger partial charge < -0.3 is 0 Å². The third-order valence-electron chi connectivity index (χ3n) is 2.85. The molecule has 0 saturated carbocycles. The second-order valence-electron chi connectivity index (χ2n) is 4.79. The van der Waals surface area contributed by atoms with Gasteiger partial charge in [-0.3, -0.25) is 0 Å². The van der Waals surface area contributed by atoms with Crippen LogP contribution >= 0.6 is 22.6 Å². The zero-order valence-corrected chi connectivity index (χ0v) is 12.9. The molecule has 1 aromatic carbocycles. The summed E-state index contributed by atoms with van der Waals surface area (Å²) in [6, 6.07) is 10.6. The van der Waals surface area contributed by atoms with Gasteiger partial charge in [-0.2, -0.15) is 0 Å². The van der Waals surface area contributed by atoms with E-state index >= 15 is 0 Å². The van der Waals surface area contributed by atoms with Crippen molar-refractivity contribution in [3.63, 3.8) is 0 Å². The second-order valence-corrected chi connectivity index (χ2v) is 6.30. The topological polar surface area (TPSA) is 0 Å². The summed E-state index contributed by atoms with van der Waals surface area (Å²) >= 11 is 2.51. The number of benzene rings is 1. The van der Waals surface area contributed by atoms with Crippen molar-refractivity contribution in [3.05, 3.63) is 53.8 Å². The van der Waals surface area contributed by atoms with E-state index in [0.29, 0.717) is 3.92 Å². The van der Waals surface area contributed by atoms with Crippen LogP contribution in [-0.4, -0.2) is 3.92 Å². The van der Waals surface area contributed by atoms with Crippen molar-refractivity contribution >= 4 is 22.6 Å². The average molecular weight is 340 g/mol. The van der Waals surface area contributed by atoms with E-state index in [4.69, 9.17) is 0 Å². The van der Waals surface area contributed by atoms with Gasteiger partial charge in [-0.05, 0) is 36.3 Å². The van der Waals surface area contributed by atoms with E-state index in [9.17, 15) is 0 Å². The summed E-state index contributed by atoms with van der Waals surface area (Å²) in [7, 11) is 0. The molecule has 0 spiro atoms. The van der Waals surface area contributed by atoms with Crippen molar-refractivity contribution in [1.29, 1.82) is 0 Å². The molecule has 0 nitrogen and oxygen atoms in total. The van der Waals surface area contributed by atoms with Crippen molar-refractivity contribution in [2.45, 2.75) is 37.0 Å². The number of allylic oxidation sites excluding steroid dienone is 1. The van der Waals surface area contributed by atoms with E-state index in [-0.39, 0.29) is 0 Å². The molecule has 0 bridgehead atoms. The smallest absolute Gasteiger partial charge is 0.0434 e. The molecule has 1 aromatic rings. The molecule has 0 radical (unpaired) electrons. The van der Waals surface area contributed by atoms with Gasteiger partial charge in [-0.25, -0.2) is 0 Å². The number of hydrogen-bond acceptors (Lipinski definition) is 0. The molecular formula is C16H21I. The first-order valence-corrected chi connectivity index (χ1v) is 7.45. The highest BCUT2D eigenvalue weighted by atomic mass is 127. The summed E-state index contributed by atoms with van der Waals surface area (Å²) < 4.78 is 0.520. The quantitative estimate of drug-likeness (QED) is 0.380. The van der Waals surface area contributed by atoms with Crippen molar-refractivity contribution in [1.82, 2.24) is 0 Å². The Balaban J connectivity index is 2.56. The molecule has 0 aliphatic carbocycles. The Morgan fingerprint density at radius 1 is 1.29 bits per heavy atom. The van der Waals surface area contributed by atoms with Gasteiger partial charge in [0.05, 0.1) is 0 Å². The van der Waals surface area contributed by atoms with Crippen LogP contribution in [0.15, 0.2) is 48.2 Å². The minimum atomic E-state index is 0.520. The Hall–Kier alpha value is -0.530. The molecule has 0 heterocycles. The monoisotopic (exact) mass is 340 g/mol. The fraction of sp³-hybridized carbons (Fsp3) is 0.438. The second kappa shape index (κ2) is 7.73. The summed E-state index contributed by atoms with van der Waals surface area (Å²) in [6.45, 7) is 8.36. The molecule has 0 aliphatic rings. The maximum atomic E-state index is 3.83. The molecule has 1 heteroatoms. The molecule has 0 aliphatic heterocycles. The lowest BCUT2D eigenvalue weighted by atomic mass is 9.98. The first-order valence-electron chi connectivity index (χ1n) is 6.20. The Bertz CT molecular complexity index is 372. The van der Waals surface area contributed by atoms with Crippen molar-refractivity contribution in [3.8, 4) is 0 Å². The lowest BCUT2D eigenvalue weighted by Gasteiger charge is -2.14. The van der Waals surface area contributed by atoms with E-state index in [1.807, 2.05) is 0 Å². The highest BCUT2D eigenvalue weighted by Crippen LogP contribution is 2.23. The predicted octanol–water partition coefficient (Wildman–Crippen LogP) is 5.18. The maximum absolute atomic E-state index is 3.83. The van der Waals surface area contributed by atoms with Gasteiger partial charge >= 0.3 is 0 Å². The fourth-order valence-electron chi connectivity index (χ4n) is 1.74. The number of hydrogen-bond donors (Lipinski definition) is 0. The lowest BCUT2D eigenvalue weighted by Crippen LogP contribution is -2.07. The van der Waals surface area contributed by atoms with Crippen molar-refractivity contribution in [2.75, 3.05) is 0 Å². The minimum absolute atomic E-state index is 0.520. The molecule has 0 aromatic heterocycles. The lowest BCUT2D eigenvalue weighted by molar-refractivity contribution is 0.580. The molecule has 1 atom stereocenters. The summed E-state index contributed by atoms with van der Waals surface area (Å²) in [5.74, 6) is 0.749. The normalized spacial score (nSPS) is 12.2. The van der Waals surface area contributed by atoms with Crippen LogP contribution in [0.2, 0.25) is 0 Å². The molecule has 0 unspecified atom stereocenters. The highest BCUT2D eigenvalue weighted by molar-refractivity contribution is 14.1. The largest absolute Gasteiger partial charge is 0.128 e. The van der Waals surface area contributed by atoms with E-state index in [1.165, 1.54) is 17.6 Å². The summed E-state index contributed by atoms with van der Waals surface area (Å²) in [4.78, 5) is 0. The standard InChI is InChI=1S/C16H21I/c1-4-15(11-10-13(2)3)16(17)12-14-8-6-5-7-9-14/h5-9,13,16H,1,10-12H2,2-3H3/t16-/m0/s1. The Morgan fingerprint density at radius 3 is 2.47 bits per heavy atom. The van der Waals surface area contributed by atoms with Gasteiger partial charge in [0.15, 0.2) is 0 Å². The van der Waals surface area contributed by atoms with Gasteiger partial charge in [-0.15, -0.1) is 5.73 Å². The number of rotatable bonds is 6. The third-order valence-corrected chi connectivity index (χ3v) is 4.05. The predicted molar refractivity (Wildman–Crippen MR) is 84.7 cm³/mol. The van der Waals surface area contributed by atoms with Crippen LogP contribution in [0.4, 0.5) is 0 Å². The molecule has 0 N–H and O–H groups in total. The first kappa shape index (κ1) is 14.5. The van der Waals surface area contributed by atoms with Gasteiger partial charge in [0.25, 0.3) is 0 Å². The van der Waals surface area contributed by atoms with Crippen LogP contribution in [0.3, 0.4) is 0 Å². The Labute approximate surface area is 119 Å². The molecule has 17 heavy (non-hydrogen) atoms. The molecule has 92 valence electrons. The SMILES string of the molecule is C=C=C(CCC(C)C)[C@@H](I)Cc1ccccc1. The number of halogens is 1. The zero-order valence-electron chi connectivity index (χ0n) is 10.7. The van der Waals surface area contributed by atoms with Crippen LogP contribution in [-0.2, 0) is 6.42 Å². The van der Waals surface area contributed by atoms with E-state index in [0.717, 1.165) is 18.8 Å². The molecular weight excluding hydrogens is 319 g/mol. The number of alkyl halides is 1. The minimum Gasteiger partial charge on any atom is -0.128 e. The van der Waals surface area contributed by atoms with Crippen LogP contribution in [0.25, 0.3) is 0 Å². The van der Waals surface area contributed by atoms with Crippen LogP contribution in [0, 0.1) is 5.92 Å². The van der Waals surface area contributed by atoms with Crippen LogP contribution in [0.5, 0.6) is 0 Å². The maximum Gasteiger partial charge on any atom is 0.0434 e. The average Bonchev–Trinajstić information content (AvgIpc) is 2.30. The highest BCUT2D eigenvalue weighted by Gasteiger charge is 2.11. The van der Waals surface area contributed by atoms with E-state index < -0.39 is 0 Å². The van der Waals surface area contributed by atoms with Crippen molar-refractivity contribution in [2.24, 2.45) is 5.92 Å². The van der Waals surface area contributed by atoms with Crippen LogP contribution < -0.4 is 0 Å². The van der Waals surface area contributed by atoms with Gasteiger partial charge in [-0.1, -0.05) is 73.3 Å². The van der Waals surface area contributed by atoms with Crippen LogP contribution in [0.1, 0.15) is 32.3 Å². The van der Waals surface area contributed by atoms with Gasteiger partial charge in [0, 0.05) is 3.92 Å². The first-order chi connectivity index (χ1) is 8.13. The zero-order chi connectivity index (χ0) is 12.7. The Morgan fingerprint density at radius 2 is 1.94 bits per heavy atom. The molecule has 1 rings (SSSR count). The molecule has 0 amide bonds.